The lowest BCUT2D eigenvalue weighted by molar-refractivity contribution is 0.533. The topological polar surface area (TPSA) is 70.6 Å². The Morgan fingerprint density at radius 1 is 1.24 bits per heavy atom. The van der Waals surface area contributed by atoms with Gasteiger partial charge in [0.15, 0.2) is 5.96 Å². The van der Waals surface area contributed by atoms with Crippen molar-refractivity contribution >= 4 is 15.8 Å². The van der Waals surface area contributed by atoms with Gasteiger partial charge in [-0.15, -0.1) is 0 Å². The number of rotatable bonds is 8. The molecule has 0 heterocycles. The van der Waals surface area contributed by atoms with Crippen LogP contribution in [0.3, 0.4) is 0 Å². The number of nitrogens with zero attached hydrogens (tertiary/aromatic N) is 1. The highest BCUT2D eigenvalue weighted by Gasteiger charge is 2.20. The van der Waals surface area contributed by atoms with E-state index in [4.69, 9.17) is 4.99 Å². The quantitative estimate of drug-likeness (QED) is 0.547. The Hall–Kier alpha value is -1.56. The van der Waals surface area contributed by atoms with Gasteiger partial charge in [-0.05, 0) is 32.8 Å². The van der Waals surface area contributed by atoms with E-state index in [9.17, 15) is 8.42 Å². The van der Waals surface area contributed by atoms with Crippen LogP contribution < -0.4 is 10.6 Å². The van der Waals surface area contributed by atoms with Crippen LogP contribution in [-0.4, -0.2) is 45.5 Å². The number of aliphatic imine (C=N–C) groups is 1. The van der Waals surface area contributed by atoms with Gasteiger partial charge >= 0.3 is 0 Å². The van der Waals surface area contributed by atoms with E-state index in [0.717, 1.165) is 12.5 Å². The van der Waals surface area contributed by atoms with Crippen LogP contribution in [0, 0.1) is 6.92 Å². The van der Waals surface area contributed by atoms with Crippen molar-refractivity contribution in [2.45, 2.75) is 52.5 Å². The molecule has 1 aromatic rings. The molecule has 5 nitrogen and oxygen atoms in total. The first-order valence-corrected chi connectivity index (χ1v) is 10.9. The minimum atomic E-state index is -2.94. The fraction of sp³-hybridized carbons (Fsp3) is 0.632. The predicted octanol–water partition coefficient (Wildman–Crippen LogP) is 2.65. The molecule has 0 aliphatic heterocycles. The van der Waals surface area contributed by atoms with Crippen molar-refractivity contribution in [3.05, 3.63) is 35.4 Å². The van der Waals surface area contributed by atoms with Gasteiger partial charge in [-0.3, -0.25) is 4.99 Å². The third-order valence-electron chi connectivity index (χ3n) is 4.11. The van der Waals surface area contributed by atoms with Crippen molar-refractivity contribution in [1.82, 2.24) is 10.6 Å². The Bertz CT molecular complexity index is 664. The summed E-state index contributed by atoms with van der Waals surface area (Å²) < 4.78 is 22.6. The van der Waals surface area contributed by atoms with Crippen LogP contribution in [0.25, 0.3) is 0 Å². The van der Waals surface area contributed by atoms with Gasteiger partial charge in [-0.2, -0.15) is 0 Å². The van der Waals surface area contributed by atoms with E-state index >= 15 is 0 Å². The van der Waals surface area contributed by atoms with Crippen molar-refractivity contribution in [1.29, 1.82) is 0 Å². The molecule has 0 saturated heterocycles. The fourth-order valence-corrected chi connectivity index (χ4v) is 3.17. The van der Waals surface area contributed by atoms with Gasteiger partial charge in [0.2, 0.25) is 0 Å². The van der Waals surface area contributed by atoms with Crippen LogP contribution in [0.4, 0.5) is 0 Å². The molecule has 1 unspecified atom stereocenters. The third-order valence-corrected chi connectivity index (χ3v) is 5.09. The second kappa shape index (κ2) is 9.22. The standard InChI is InChI=1S/C19H33N3O2S/c1-7-20-18(22-16(3)12-13-25(6,23)24)21-14-19(4,5)17-10-8-15(2)9-11-17/h8-11,16H,7,12-14H2,1-6H3,(H2,20,21,22). The van der Waals surface area contributed by atoms with E-state index in [2.05, 4.69) is 55.7 Å². The number of benzene rings is 1. The Kier molecular flexibility index (Phi) is 7.93. The van der Waals surface area contributed by atoms with Gasteiger partial charge in [-0.1, -0.05) is 43.7 Å². The Balaban J connectivity index is 2.75. The molecular weight excluding hydrogens is 334 g/mol. The molecular formula is C19H33N3O2S. The van der Waals surface area contributed by atoms with E-state index in [1.54, 1.807) is 0 Å². The molecule has 0 bridgehead atoms. The van der Waals surface area contributed by atoms with Crippen LogP contribution in [0.1, 0.15) is 45.2 Å². The van der Waals surface area contributed by atoms with Crippen LogP contribution in [0.15, 0.2) is 29.3 Å². The van der Waals surface area contributed by atoms with E-state index in [0.29, 0.717) is 13.0 Å². The molecule has 1 rings (SSSR count). The Morgan fingerprint density at radius 2 is 1.84 bits per heavy atom. The molecule has 0 radical (unpaired) electrons. The van der Waals surface area contributed by atoms with Crippen molar-refractivity contribution in [3.63, 3.8) is 0 Å². The van der Waals surface area contributed by atoms with Crippen molar-refractivity contribution < 1.29 is 8.42 Å². The average Bonchev–Trinajstić information content (AvgIpc) is 2.51. The first kappa shape index (κ1) is 21.5. The first-order chi connectivity index (χ1) is 11.5. The molecule has 1 atom stereocenters. The van der Waals surface area contributed by atoms with E-state index in [-0.39, 0.29) is 17.2 Å². The summed E-state index contributed by atoms with van der Waals surface area (Å²) in [6.45, 7) is 11.8. The summed E-state index contributed by atoms with van der Waals surface area (Å²) in [4.78, 5) is 4.71. The zero-order valence-corrected chi connectivity index (χ0v) is 17.2. The van der Waals surface area contributed by atoms with Crippen molar-refractivity contribution in [2.24, 2.45) is 4.99 Å². The lowest BCUT2D eigenvalue weighted by Crippen LogP contribution is -2.43. The first-order valence-electron chi connectivity index (χ1n) is 8.83. The third kappa shape index (κ3) is 8.38. The highest BCUT2D eigenvalue weighted by molar-refractivity contribution is 7.90. The van der Waals surface area contributed by atoms with Crippen LogP contribution >= 0.6 is 0 Å². The van der Waals surface area contributed by atoms with Gasteiger partial charge < -0.3 is 10.6 Å². The normalized spacial score (nSPS) is 14.2. The smallest absolute Gasteiger partial charge is 0.191 e. The minimum Gasteiger partial charge on any atom is -0.357 e. The molecule has 0 saturated carbocycles. The van der Waals surface area contributed by atoms with Gasteiger partial charge in [0.1, 0.15) is 9.84 Å². The van der Waals surface area contributed by atoms with Gasteiger partial charge in [-0.25, -0.2) is 8.42 Å². The van der Waals surface area contributed by atoms with E-state index in [1.807, 2.05) is 13.8 Å². The van der Waals surface area contributed by atoms with E-state index in [1.165, 1.54) is 17.4 Å². The van der Waals surface area contributed by atoms with E-state index < -0.39 is 9.84 Å². The zero-order chi connectivity index (χ0) is 19.1. The molecule has 1 aromatic carbocycles. The van der Waals surface area contributed by atoms with Gasteiger partial charge in [0.05, 0.1) is 12.3 Å². The largest absolute Gasteiger partial charge is 0.357 e. The van der Waals surface area contributed by atoms with Crippen molar-refractivity contribution in [3.8, 4) is 0 Å². The molecule has 0 fully saturated rings. The van der Waals surface area contributed by atoms with Gasteiger partial charge in [0, 0.05) is 24.3 Å². The SMILES string of the molecule is CCNC(=NCC(C)(C)c1ccc(C)cc1)NC(C)CCS(C)(=O)=O. The molecule has 25 heavy (non-hydrogen) atoms. The highest BCUT2D eigenvalue weighted by Crippen LogP contribution is 2.23. The number of aryl methyl sites for hydroxylation is 1. The summed E-state index contributed by atoms with van der Waals surface area (Å²) >= 11 is 0. The molecule has 0 aliphatic carbocycles. The summed E-state index contributed by atoms with van der Waals surface area (Å²) in [6.07, 6.45) is 1.83. The molecule has 0 aliphatic rings. The second-order valence-corrected chi connectivity index (χ2v) is 9.67. The number of nitrogens with one attached hydrogen (secondary N) is 2. The molecule has 6 heteroatoms. The second-order valence-electron chi connectivity index (χ2n) is 7.41. The predicted molar refractivity (Wildman–Crippen MR) is 107 cm³/mol. The molecule has 0 spiro atoms. The average molecular weight is 368 g/mol. The zero-order valence-electron chi connectivity index (χ0n) is 16.4. The Labute approximate surface area is 153 Å². The highest BCUT2D eigenvalue weighted by atomic mass is 32.2. The Morgan fingerprint density at radius 3 is 2.36 bits per heavy atom. The summed E-state index contributed by atoms with van der Waals surface area (Å²) in [7, 11) is -2.94. The van der Waals surface area contributed by atoms with Gasteiger partial charge in [0.25, 0.3) is 0 Å². The summed E-state index contributed by atoms with van der Waals surface area (Å²) in [6, 6.07) is 8.59. The maximum Gasteiger partial charge on any atom is 0.191 e. The lowest BCUT2D eigenvalue weighted by Gasteiger charge is -2.25. The maximum atomic E-state index is 11.3. The number of hydrogen-bond acceptors (Lipinski definition) is 3. The minimum absolute atomic E-state index is 0.0370. The van der Waals surface area contributed by atoms with Crippen molar-refractivity contribution in [2.75, 3.05) is 25.1 Å². The molecule has 2 N–H and O–H groups in total. The maximum absolute atomic E-state index is 11.3. The van der Waals surface area contributed by atoms with Crippen LogP contribution in [-0.2, 0) is 15.3 Å². The fourth-order valence-electron chi connectivity index (χ4n) is 2.39. The number of hydrogen-bond donors (Lipinski definition) is 2. The van der Waals surface area contributed by atoms with Crippen LogP contribution in [0.5, 0.6) is 0 Å². The lowest BCUT2D eigenvalue weighted by atomic mass is 9.84. The molecule has 142 valence electrons. The number of guanidine groups is 1. The summed E-state index contributed by atoms with van der Waals surface area (Å²) in [5.74, 6) is 0.902. The van der Waals surface area contributed by atoms with Crippen LogP contribution in [0.2, 0.25) is 0 Å². The molecule has 0 aromatic heterocycles. The summed E-state index contributed by atoms with van der Waals surface area (Å²) in [5, 5.41) is 6.53. The summed E-state index contributed by atoms with van der Waals surface area (Å²) in [5.41, 5.74) is 2.42. The molecule has 0 amide bonds. The monoisotopic (exact) mass is 367 g/mol. The number of sulfone groups is 1.